The van der Waals surface area contributed by atoms with Gasteiger partial charge in [-0.05, 0) is 12.8 Å². The number of hydrogen-bond acceptors (Lipinski definition) is 3. The van der Waals surface area contributed by atoms with E-state index in [1.807, 2.05) is 13.8 Å². The standard InChI is InChI=1S/C9H15NO3/c1-6(3-4-11)7(2)5-8(10)9(12)13/h3,7,10-11H,4-5H2,1-2H3,(H,12,13)/b6-3-,10-8?/t7-/m0/s1. The Morgan fingerprint density at radius 3 is 2.54 bits per heavy atom. The molecule has 0 bridgehead atoms. The third-order valence-electron chi connectivity index (χ3n) is 1.96. The van der Waals surface area contributed by atoms with Crippen molar-refractivity contribution >= 4 is 11.7 Å². The maximum atomic E-state index is 10.3. The van der Waals surface area contributed by atoms with Crippen molar-refractivity contribution in [2.75, 3.05) is 6.61 Å². The second-order valence-electron chi connectivity index (χ2n) is 3.02. The van der Waals surface area contributed by atoms with Crippen LogP contribution in [0.15, 0.2) is 11.6 Å². The average molecular weight is 185 g/mol. The molecule has 0 amide bonds. The van der Waals surface area contributed by atoms with Crippen molar-refractivity contribution in [1.29, 1.82) is 5.41 Å². The second-order valence-corrected chi connectivity index (χ2v) is 3.02. The first-order chi connectivity index (χ1) is 5.99. The van der Waals surface area contributed by atoms with Crippen molar-refractivity contribution < 1.29 is 15.0 Å². The number of aliphatic hydroxyl groups is 1. The van der Waals surface area contributed by atoms with E-state index in [1.165, 1.54) is 0 Å². The number of carboxylic acids is 1. The smallest absolute Gasteiger partial charge is 0.349 e. The van der Waals surface area contributed by atoms with Gasteiger partial charge in [0.2, 0.25) is 0 Å². The van der Waals surface area contributed by atoms with Crippen molar-refractivity contribution in [3.8, 4) is 0 Å². The monoisotopic (exact) mass is 185 g/mol. The molecule has 0 aromatic heterocycles. The van der Waals surface area contributed by atoms with Crippen LogP contribution in [0.4, 0.5) is 0 Å². The largest absolute Gasteiger partial charge is 0.477 e. The minimum atomic E-state index is -1.18. The van der Waals surface area contributed by atoms with Crippen LogP contribution >= 0.6 is 0 Å². The molecule has 74 valence electrons. The molecule has 0 saturated heterocycles. The lowest BCUT2D eigenvalue weighted by atomic mass is 9.96. The molecule has 3 N–H and O–H groups in total. The van der Waals surface area contributed by atoms with Crippen LogP contribution in [0, 0.1) is 11.3 Å². The maximum absolute atomic E-state index is 10.3. The summed E-state index contributed by atoms with van der Waals surface area (Å²) in [5.74, 6) is -1.18. The summed E-state index contributed by atoms with van der Waals surface area (Å²) in [5.41, 5.74) is 0.617. The molecule has 0 aromatic rings. The van der Waals surface area contributed by atoms with Gasteiger partial charge in [-0.1, -0.05) is 18.6 Å². The molecule has 0 aromatic carbocycles. The second kappa shape index (κ2) is 5.48. The molecule has 0 fully saturated rings. The highest BCUT2D eigenvalue weighted by Gasteiger charge is 2.12. The van der Waals surface area contributed by atoms with Gasteiger partial charge in [0.25, 0.3) is 0 Å². The van der Waals surface area contributed by atoms with Gasteiger partial charge >= 0.3 is 5.97 Å². The zero-order valence-corrected chi connectivity index (χ0v) is 7.87. The van der Waals surface area contributed by atoms with Gasteiger partial charge in [0.1, 0.15) is 5.71 Å². The Labute approximate surface area is 77.4 Å². The SMILES string of the molecule is C/C(=C/CO)[C@@H](C)CC(=N)C(=O)O. The van der Waals surface area contributed by atoms with E-state index in [1.54, 1.807) is 6.08 Å². The van der Waals surface area contributed by atoms with Crippen LogP contribution < -0.4 is 0 Å². The summed E-state index contributed by atoms with van der Waals surface area (Å²) in [5, 5.41) is 24.1. The molecule has 4 nitrogen and oxygen atoms in total. The number of hydrogen-bond donors (Lipinski definition) is 3. The Bertz CT molecular complexity index is 233. The summed E-state index contributed by atoms with van der Waals surface area (Å²) >= 11 is 0. The van der Waals surface area contributed by atoms with E-state index in [-0.39, 0.29) is 24.7 Å². The lowest BCUT2D eigenvalue weighted by Gasteiger charge is -2.10. The molecule has 0 aliphatic carbocycles. The molecule has 0 rings (SSSR count). The third-order valence-corrected chi connectivity index (χ3v) is 1.96. The van der Waals surface area contributed by atoms with Crippen molar-refractivity contribution in [3.05, 3.63) is 11.6 Å². The normalized spacial score (nSPS) is 13.9. The number of rotatable bonds is 5. The summed E-state index contributed by atoms with van der Waals surface area (Å²) in [7, 11) is 0. The molecule has 0 heterocycles. The van der Waals surface area contributed by atoms with Crippen LogP contribution in [0.2, 0.25) is 0 Å². The van der Waals surface area contributed by atoms with Crippen LogP contribution in [0.1, 0.15) is 20.3 Å². The predicted octanol–water partition coefficient (Wildman–Crippen LogP) is 1.06. The van der Waals surface area contributed by atoms with Crippen molar-refractivity contribution in [1.82, 2.24) is 0 Å². The van der Waals surface area contributed by atoms with Crippen LogP contribution in [0.5, 0.6) is 0 Å². The first kappa shape index (κ1) is 11.8. The van der Waals surface area contributed by atoms with Gasteiger partial charge in [0.15, 0.2) is 0 Å². The Kier molecular flexibility index (Phi) is 4.99. The number of aliphatic carboxylic acids is 1. The Hall–Kier alpha value is -1.16. The summed E-state index contributed by atoms with van der Waals surface area (Å²) in [6, 6.07) is 0. The van der Waals surface area contributed by atoms with Gasteiger partial charge in [-0.3, -0.25) is 5.41 Å². The molecule has 0 aliphatic rings. The highest BCUT2D eigenvalue weighted by Crippen LogP contribution is 2.13. The highest BCUT2D eigenvalue weighted by molar-refractivity contribution is 6.34. The van der Waals surface area contributed by atoms with E-state index in [0.29, 0.717) is 0 Å². The summed E-state index contributed by atoms with van der Waals surface area (Å²) < 4.78 is 0. The average Bonchev–Trinajstić information content (AvgIpc) is 2.04. The molecule has 13 heavy (non-hydrogen) atoms. The van der Waals surface area contributed by atoms with Crippen LogP contribution in [0.3, 0.4) is 0 Å². The lowest BCUT2D eigenvalue weighted by Crippen LogP contribution is -2.15. The lowest BCUT2D eigenvalue weighted by molar-refractivity contribution is -0.129. The van der Waals surface area contributed by atoms with Crippen molar-refractivity contribution in [2.45, 2.75) is 20.3 Å². The van der Waals surface area contributed by atoms with Gasteiger partial charge < -0.3 is 10.2 Å². The van der Waals surface area contributed by atoms with E-state index in [9.17, 15) is 4.79 Å². The Morgan fingerprint density at radius 2 is 2.15 bits per heavy atom. The number of carboxylic acid groups (broad SMARTS) is 1. The molecule has 0 radical (unpaired) electrons. The number of allylic oxidation sites excluding steroid dienone is 1. The van der Waals surface area contributed by atoms with Gasteiger partial charge in [-0.15, -0.1) is 0 Å². The predicted molar refractivity (Wildman–Crippen MR) is 50.0 cm³/mol. The number of aliphatic hydroxyl groups excluding tert-OH is 1. The number of nitrogens with one attached hydrogen (secondary N) is 1. The van der Waals surface area contributed by atoms with E-state index >= 15 is 0 Å². The fourth-order valence-corrected chi connectivity index (χ4v) is 0.900. The van der Waals surface area contributed by atoms with Crippen LogP contribution in [-0.4, -0.2) is 28.5 Å². The first-order valence-corrected chi connectivity index (χ1v) is 4.07. The quantitative estimate of drug-likeness (QED) is 0.442. The van der Waals surface area contributed by atoms with Gasteiger partial charge in [0.05, 0.1) is 6.61 Å². The summed E-state index contributed by atoms with van der Waals surface area (Å²) in [4.78, 5) is 10.3. The first-order valence-electron chi connectivity index (χ1n) is 4.07. The molecular formula is C9H15NO3. The molecule has 0 aliphatic heterocycles. The van der Waals surface area contributed by atoms with Crippen molar-refractivity contribution in [3.63, 3.8) is 0 Å². The van der Waals surface area contributed by atoms with E-state index in [0.717, 1.165) is 5.57 Å². The molecule has 4 heteroatoms. The molecule has 0 spiro atoms. The fourth-order valence-electron chi connectivity index (χ4n) is 0.900. The van der Waals surface area contributed by atoms with Gasteiger partial charge in [-0.25, -0.2) is 4.79 Å². The van der Waals surface area contributed by atoms with Crippen LogP contribution in [0.25, 0.3) is 0 Å². The minimum absolute atomic E-state index is 0.00394. The molecule has 0 unspecified atom stereocenters. The fraction of sp³-hybridized carbons (Fsp3) is 0.556. The highest BCUT2D eigenvalue weighted by atomic mass is 16.4. The third kappa shape index (κ3) is 4.42. The van der Waals surface area contributed by atoms with Gasteiger partial charge in [0, 0.05) is 6.42 Å². The molecular weight excluding hydrogens is 170 g/mol. The molecule has 0 saturated carbocycles. The minimum Gasteiger partial charge on any atom is -0.477 e. The Morgan fingerprint density at radius 1 is 1.62 bits per heavy atom. The Balaban J connectivity index is 4.15. The maximum Gasteiger partial charge on any atom is 0.349 e. The van der Waals surface area contributed by atoms with Crippen molar-refractivity contribution in [2.24, 2.45) is 5.92 Å². The zero-order chi connectivity index (χ0) is 10.4. The van der Waals surface area contributed by atoms with E-state index < -0.39 is 5.97 Å². The zero-order valence-electron chi connectivity index (χ0n) is 7.87. The van der Waals surface area contributed by atoms with Gasteiger partial charge in [-0.2, -0.15) is 0 Å². The molecule has 1 atom stereocenters. The summed E-state index contributed by atoms with van der Waals surface area (Å²) in [6.45, 7) is 3.60. The summed E-state index contributed by atoms with van der Waals surface area (Å²) in [6.07, 6.45) is 1.83. The topological polar surface area (TPSA) is 81.4 Å². The van der Waals surface area contributed by atoms with E-state index in [2.05, 4.69) is 0 Å². The van der Waals surface area contributed by atoms with Crippen LogP contribution in [-0.2, 0) is 4.79 Å². The van der Waals surface area contributed by atoms with E-state index in [4.69, 9.17) is 15.6 Å². The number of carbonyl (C=O) groups is 1.